The van der Waals surface area contributed by atoms with Gasteiger partial charge in [0, 0.05) is 24.7 Å². The molecule has 1 unspecified atom stereocenters. The van der Waals surface area contributed by atoms with Crippen molar-refractivity contribution in [2.24, 2.45) is 5.73 Å². The predicted molar refractivity (Wildman–Crippen MR) is 87.1 cm³/mol. The molecule has 2 rings (SSSR count). The van der Waals surface area contributed by atoms with E-state index >= 15 is 0 Å². The van der Waals surface area contributed by atoms with Crippen LogP contribution in [0.3, 0.4) is 0 Å². The molecule has 1 amide bonds. The van der Waals surface area contributed by atoms with Crippen LogP contribution in [0.25, 0.3) is 0 Å². The molecular formula is C18H22N2O. The first kappa shape index (κ1) is 15.3. The molecule has 0 radical (unpaired) electrons. The summed E-state index contributed by atoms with van der Waals surface area (Å²) in [6.45, 7) is 2.66. The van der Waals surface area contributed by atoms with E-state index in [9.17, 15) is 4.79 Å². The van der Waals surface area contributed by atoms with Crippen molar-refractivity contribution in [1.29, 1.82) is 0 Å². The normalized spacial score (nSPS) is 11.9. The first-order valence-electron chi connectivity index (χ1n) is 7.38. The zero-order chi connectivity index (χ0) is 15.1. The minimum atomic E-state index is -0.0929. The summed E-state index contributed by atoms with van der Waals surface area (Å²) < 4.78 is 0. The maximum absolute atomic E-state index is 12.4. The van der Waals surface area contributed by atoms with Gasteiger partial charge in [0.2, 0.25) is 5.91 Å². The van der Waals surface area contributed by atoms with E-state index in [4.69, 9.17) is 5.73 Å². The molecule has 3 nitrogen and oxygen atoms in total. The number of carbonyl (C=O) groups is 1. The molecule has 1 atom stereocenters. The Hall–Kier alpha value is -2.13. The second-order valence-corrected chi connectivity index (χ2v) is 5.03. The molecule has 0 heterocycles. The maximum Gasteiger partial charge on any atom is 0.227 e. The third-order valence-electron chi connectivity index (χ3n) is 3.58. The summed E-state index contributed by atoms with van der Waals surface area (Å²) in [6, 6.07) is 19.6. The number of amides is 1. The van der Waals surface area contributed by atoms with Gasteiger partial charge in [0.15, 0.2) is 0 Å². The summed E-state index contributed by atoms with van der Waals surface area (Å²) in [6.07, 6.45) is 1.12. The van der Waals surface area contributed by atoms with Crippen LogP contribution in [-0.4, -0.2) is 12.5 Å². The summed E-state index contributed by atoms with van der Waals surface area (Å²) in [5.41, 5.74) is 8.17. The number of anilines is 1. The zero-order valence-corrected chi connectivity index (χ0v) is 12.4. The van der Waals surface area contributed by atoms with Gasteiger partial charge >= 0.3 is 0 Å². The number of hydrogen-bond acceptors (Lipinski definition) is 2. The van der Waals surface area contributed by atoms with E-state index in [1.807, 2.05) is 67.6 Å². The Balaban J connectivity index is 1.94. The number of nitrogens with two attached hydrogens (primary N) is 1. The highest BCUT2D eigenvalue weighted by molar-refractivity contribution is 5.93. The molecule has 3 heteroatoms. The first-order valence-corrected chi connectivity index (χ1v) is 7.38. The van der Waals surface area contributed by atoms with Crippen molar-refractivity contribution < 1.29 is 4.79 Å². The van der Waals surface area contributed by atoms with E-state index in [0.29, 0.717) is 19.4 Å². The van der Waals surface area contributed by atoms with Crippen LogP contribution in [0.2, 0.25) is 0 Å². The highest BCUT2D eigenvalue weighted by Crippen LogP contribution is 2.19. The largest absolute Gasteiger partial charge is 0.324 e. The Morgan fingerprint density at radius 1 is 1.05 bits per heavy atom. The monoisotopic (exact) mass is 282 g/mol. The molecule has 0 spiro atoms. The number of benzene rings is 2. The fraction of sp³-hybridized carbons (Fsp3) is 0.278. The summed E-state index contributed by atoms with van der Waals surface area (Å²) in [5.74, 6) is 0.120. The molecule has 2 aromatic carbocycles. The number of carbonyl (C=O) groups excluding carboxylic acids is 1. The Morgan fingerprint density at radius 2 is 1.62 bits per heavy atom. The summed E-state index contributed by atoms with van der Waals surface area (Å²) >= 11 is 0. The van der Waals surface area contributed by atoms with Gasteiger partial charge in [0.05, 0.1) is 0 Å². The van der Waals surface area contributed by atoms with Gasteiger partial charge in [-0.1, -0.05) is 48.5 Å². The second-order valence-electron chi connectivity index (χ2n) is 5.03. The van der Waals surface area contributed by atoms with Gasteiger partial charge in [-0.05, 0) is 31.0 Å². The van der Waals surface area contributed by atoms with Crippen LogP contribution in [0, 0.1) is 0 Å². The van der Waals surface area contributed by atoms with E-state index in [-0.39, 0.29) is 11.9 Å². The molecule has 0 saturated heterocycles. The first-order chi connectivity index (χ1) is 10.2. The van der Waals surface area contributed by atoms with Crippen molar-refractivity contribution >= 4 is 11.6 Å². The van der Waals surface area contributed by atoms with Gasteiger partial charge in [0.1, 0.15) is 0 Å². The standard InChI is InChI=1S/C18H22N2O/c1-2-20(16-11-7-4-8-12-16)18(21)14-13-17(19)15-9-5-3-6-10-15/h3-12,17H,2,13-14,19H2,1H3. The lowest BCUT2D eigenvalue weighted by atomic mass is 10.0. The molecule has 21 heavy (non-hydrogen) atoms. The zero-order valence-electron chi connectivity index (χ0n) is 12.4. The Labute approximate surface area is 126 Å². The Bertz CT molecular complexity index is 554. The van der Waals surface area contributed by atoms with Crippen LogP contribution in [-0.2, 0) is 4.79 Å². The number of rotatable bonds is 6. The van der Waals surface area contributed by atoms with Crippen LogP contribution in [0.5, 0.6) is 0 Å². The smallest absolute Gasteiger partial charge is 0.227 e. The molecular weight excluding hydrogens is 260 g/mol. The van der Waals surface area contributed by atoms with E-state index < -0.39 is 0 Å². The number of nitrogens with zero attached hydrogens (tertiary/aromatic N) is 1. The molecule has 0 saturated carbocycles. The third kappa shape index (κ3) is 4.17. The molecule has 0 aromatic heterocycles. The second kappa shape index (κ2) is 7.60. The van der Waals surface area contributed by atoms with Gasteiger partial charge in [-0.2, -0.15) is 0 Å². The SMILES string of the molecule is CCN(C(=O)CCC(N)c1ccccc1)c1ccccc1. The molecule has 0 aliphatic rings. The summed E-state index contributed by atoms with van der Waals surface area (Å²) in [4.78, 5) is 14.2. The highest BCUT2D eigenvalue weighted by atomic mass is 16.2. The fourth-order valence-corrected chi connectivity index (χ4v) is 2.39. The van der Waals surface area contributed by atoms with Crippen molar-refractivity contribution in [1.82, 2.24) is 0 Å². The summed E-state index contributed by atoms with van der Waals surface area (Å²) in [7, 11) is 0. The van der Waals surface area contributed by atoms with Crippen molar-refractivity contribution in [3.63, 3.8) is 0 Å². The van der Waals surface area contributed by atoms with Crippen molar-refractivity contribution in [2.45, 2.75) is 25.8 Å². The maximum atomic E-state index is 12.4. The topological polar surface area (TPSA) is 46.3 Å². The number of para-hydroxylation sites is 1. The lowest BCUT2D eigenvalue weighted by Crippen LogP contribution is -2.31. The minimum Gasteiger partial charge on any atom is -0.324 e. The lowest BCUT2D eigenvalue weighted by molar-refractivity contribution is -0.118. The highest BCUT2D eigenvalue weighted by Gasteiger charge is 2.15. The Kier molecular flexibility index (Phi) is 5.52. The number of hydrogen-bond donors (Lipinski definition) is 1. The van der Waals surface area contributed by atoms with Gasteiger partial charge < -0.3 is 10.6 Å². The molecule has 0 aliphatic heterocycles. The fourth-order valence-electron chi connectivity index (χ4n) is 2.39. The van der Waals surface area contributed by atoms with Crippen LogP contribution in [0.15, 0.2) is 60.7 Å². The van der Waals surface area contributed by atoms with Crippen LogP contribution in [0.4, 0.5) is 5.69 Å². The Morgan fingerprint density at radius 3 is 2.19 bits per heavy atom. The predicted octanol–water partition coefficient (Wildman–Crippen LogP) is 3.52. The molecule has 0 bridgehead atoms. The molecule has 0 fully saturated rings. The minimum absolute atomic E-state index is 0.0929. The van der Waals surface area contributed by atoms with E-state index in [0.717, 1.165) is 11.3 Å². The van der Waals surface area contributed by atoms with Gasteiger partial charge in [-0.15, -0.1) is 0 Å². The average molecular weight is 282 g/mol. The lowest BCUT2D eigenvalue weighted by Gasteiger charge is -2.22. The molecule has 2 N–H and O–H groups in total. The quantitative estimate of drug-likeness (QED) is 0.881. The van der Waals surface area contributed by atoms with E-state index in [2.05, 4.69) is 0 Å². The van der Waals surface area contributed by atoms with Crippen molar-refractivity contribution in [2.75, 3.05) is 11.4 Å². The van der Waals surface area contributed by atoms with Crippen molar-refractivity contribution in [3.05, 3.63) is 66.2 Å². The van der Waals surface area contributed by atoms with Crippen LogP contribution in [0.1, 0.15) is 31.4 Å². The summed E-state index contributed by atoms with van der Waals surface area (Å²) in [5, 5.41) is 0. The molecule has 110 valence electrons. The van der Waals surface area contributed by atoms with Gasteiger partial charge in [-0.25, -0.2) is 0 Å². The van der Waals surface area contributed by atoms with E-state index in [1.54, 1.807) is 4.90 Å². The van der Waals surface area contributed by atoms with Crippen LogP contribution < -0.4 is 10.6 Å². The van der Waals surface area contributed by atoms with E-state index in [1.165, 1.54) is 0 Å². The third-order valence-corrected chi connectivity index (χ3v) is 3.58. The van der Waals surface area contributed by atoms with Gasteiger partial charge in [-0.3, -0.25) is 4.79 Å². The van der Waals surface area contributed by atoms with Crippen molar-refractivity contribution in [3.8, 4) is 0 Å². The van der Waals surface area contributed by atoms with Crippen LogP contribution >= 0.6 is 0 Å². The molecule has 2 aromatic rings. The average Bonchev–Trinajstić information content (AvgIpc) is 2.55. The molecule has 0 aliphatic carbocycles. The van der Waals surface area contributed by atoms with Gasteiger partial charge in [0.25, 0.3) is 0 Å².